The molecule has 3 rings (SSSR count). The van der Waals surface area contributed by atoms with Gasteiger partial charge in [0.15, 0.2) is 11.4 Å². The first kappa shape index (κ1) is 10.8. The van der Waals surface area contributed by atoms with E-state index in [0.717, 1.165) is 6.07 Å². The molecule has 0 unspecified atom stereocenters. The highest BCUT2D eigenvalue weighted by atomic mass is 19.1. The van der Waals surface area contributed by atoms with Crippen molar-refractivity contribution in [3.8, 4) is 11.5 Å². The van der Waals surface area contributed by atoms with Crippen LogP contribution in [0.15, 0.2) is 40.8 Å². The number of oxazole rings is 1. The Morgan fingerprint density at radius 3 is 2.56 bits per heavy atom. The number of halogens is 3. The number of rotatable bonds is 1. The van der Waals surface area contributed by atoms with Crippen LogP contribution in [0.25, 0.3) is 22.6 Å². The van der Waals surface area contributed by atoms with E-state index >= 15 is 0 Å². The minimum Gasteiger partial charge on any atom is -0.433 e. The number of hydrogen-bond acceptors (Lipinski definition) is 2. The van der Waals surface area contributed by atoms with Crippen molar-refractivity contribution in [2.24, 2.45) is 0 Å². The van der Waals surface area contributed by atoms with E-state index in [1.807, 2.05) is 0 Å². The monoisotopic (exact) mass is 249 g/mol. The topological polar surface area (TPSA) is 26.0 Å². The Balaban J connectivity index is 2.22. The van der Waals surface area contributed by atoms with Crippen LogP contribution in [-0.2, 0) is 0 Å². The highest BCUT2D eigenvalue weighted by Gasteiger charge is 2.13. The standard InChI is InChI=1S/C13H6F3NO/c14-8-3-1-2-7(4-8)13-17-11-6-9(15)5-10(16)12(11)18-13/h1-6H. The lowest BCUT2D eigenvalue weighted by molar-refractivity contribution is 0.550. The fourth-order valence-corrected chi connectivity index (χ4v) is 1.70. The first-order valence-electron chi connectivity index (χ1n) is 5.15. The molecule has 0 saturated heterocycles. The maximum absolute atomic E-state index is 13.4. The maximum atomic E-state index is 13.4. The van der Waals surface area contributed by atoms with Crippen molar-refractivity contribution >= 4 is 11.1 Å². The number of aromatic nitrogens is 1. The van der Waals surface area contributed by atoms with Gasteiger partial charge in [0, 0.05) is 17.7 Å². The summed E-state index contributed by atoms with van der Waals surface area (Å²) in [5.74, 6) is -1.98. The van der Waals surface area contributed by atoms with Crippen LogP contribution in [0.1, 0.15) is 0 Å². The summed E-state index contributed by atoms with van der Waals surface area (Å²) in [6.45, 7) is 0. The van der Waals surface area contributed by atoms with E-state index in [1.165, 1.54) is 18.2 Å². The summed E-state index contributed by atoms with van der Waals surface area (Å²) in [7, 11) is 0. The van der Waals surface area contributed by atoms with Crippen molar-refractivity contribution in [1.29, 1.82) is 0 Å². The van der Waals surface area contributed by atoms with Gasteiger partial charge in [-0.25, -0.2) is 18.2 Å². The van der Waals surface area contributed by atoms with Gasteiger partial charge in [0.25, 0.3) is 0 Å². The van der Waals surface area contributed by atoms with Crippen molar-refractivity contribution in [3.05, 3.63) is 53.8 Å². The van der Waals surface area contributed by atoms with Gasteiger partial charge in [0.2, 0.25) is 5.89 Å². The quantitative estimate of drug-likeness (QED) is 0.653. The third-order valence-corrected chi connectivity index (χ3v) is 2.48. The minimum absolute atomic E-state index is 0.0500. The molecule has 0 spiro atoms. The van der Waals surface area contributed by atoms with Gasteiger partial charge in [0.05, 0.1) is 0 Å². The van der Waals surface area contributed by atoms with Gasteiger partial charge in [-0.05, 0) is 18.2 Å². The Hall–Kier alpha value is -2.30. The van der Waals surface area contributed by atoms with E-state index in [2.05, 4.69) is 4.98 Å². The average molecular weight is 249 g/mol. The highest BCUT2D eigenvalue weighted by Crippen LogP contribution is 2.26. The molecule has 0 amide bonds. The second-order valence-corrected chi connectivity index (χ2v) is 3.77. The van der Waals surface area contributed by atoms with Gasteiger partial charge in [-0.2, -0.15) is 0 Å². The molecule has 0 radical (unpaired) electrons. The van der Waals surface area contributed by atoms with Gasteiger partial charge in [-0.15, -0.1) is 0 Å². The Kier molecular flexibility index (Phi) is 2.33. The zero-order valence-electron chi connectivity index (χ0n) is 8.95. The molecule has 0 aliphatic heterocycles. The fourth-order valence-electron chi connectivity index (χ4n) is 1.70. The smallest absolute Gasteiger partial charge is 0.227 e. The first-order chi connectivity index (χ1) is 8.63. The van der Waals surface area contributed by atoms with Crippen molar-refractivity contribution in [2.75, 3.05) is 0 Å². The Bertz CT molecular complexity index is 736. The van der Waals surface area contributed by atoms with Crippen LogP contribution in [0.5, 0.6) is 0 Å². The lowest BCUT2D eigenvalue weighted by Gasteiger charge is -1.94. The molecule has 90 valence electrons. The van der Waals surface area contributed by atoms with Crippen molar-refractivity contribution in [2.45, 2.75) is 0 Å². The summed E-state index contributed by atoms with van der Waals surface area (Å²) in [5, 5.41) is 0. The number of nitrogens with zero attached hydrogens (tertiary/aromatic N) is 1. The average Bonchev–Trinajstić information content (AvgIpc) is 2.73. The van der Waals surface area contributed by atoms with Gasteiger partial charge in [-0.1, -0.05) is 6.07 Å². The molecule has 0 N–H and O–H groups in total. The molecule has 0 aliphatic carbocycles. The summed E-state index contributed by atoms with van der Waals surface area (Å²) in [4.78, 5) is 3.93. The summed E-state index contributed by atoms with van der Waals surface area (Å²) in [6.07, 6.45) is 0. The lowest BCUT2D eigenvalue weighted by Crippen LogP contribution is -1.80. The van der Waals surface area contributed by atoms with Crippen LogP contribution in [0.4, 0.5) is 13.2 Å². The Morgan fingerprint density at radius 1 is 0.944 bits per heavy atom. The molecule has 5 heteroatoms. The fraction of sp³-hybridized carbons (Fsp3) is 0. The Morgan fingerprint density at radius 2 is 1.78 bits per heavy atom. The van der Waals surface area contributed by atoms with Gasteiger partial charge in [-0.3, -0.25) is 0 Å². The molecule has 3 aromatic rings. The van der Waals surface area contributed by atoms with E-state index in [-0.39, 0.29) is 17.0 Å². The van der Waals surface area contributed by atoms with Crippen LogP contribution >= 0.6 is 0 Å². The van der Waals surface area contributed by atoms with Crippen LogP contribution in [0, 0.1) is 17.5 Å². The zero-order chi connectivity index (χ0) is 12.7. The predicted molar refractivity (Wildman–Crippen MR) is 59.3 cm³/mol. The normalized spacial score (nSPS) is 11.1. The van der Waals surface area contributed by atoms with Crippen LogP contribution in [0.3, 0.4) is 0 Å². The molecule has 1 aromatic heterocycles. The highest BCUT2D eigenvalue weighted by molar-refractivity contribution is 5.76. The van der Waals surface area contributed by atoms with Crippen molar-refractivity contribution < 1.29 is 17.6 Å². The Labute approximate surface area is 99.7 Å². The molecule has 0 fully saturated rings. The van der Waals surface area contributed by atoms with E-state index in [1.54, 1.807) is 6.07 Å². The number of hydrogen-bond donors (Lipinski definition) is 0. The number of benzene rings is 2. The third-order valence-electron chi connectivity index (χ3n) is 2.48. The molecule has 1 heterocycles. The van der Waals surface area contributed by atoms with Gasteiger partial charge >= 0.3 is 0 Å². The summed E-state index contributed by atoms with van der Waals surface area (Å²) >= 11 is 0. The molecule has 0 bridgehead atoms. The van der Waals surface area contributed by atoms with Gasteiger partial charge in [0.1, 0.15) is 17.2 Å². The van der Waals surface area contributed by atoms with E-state index in [9.17, 15) is 13.2 Å². The SMILES string of the molecule is Fc1cccc(-c2nc3cc(F)cc(F)c3o2)c1. The van der Waals surface area contributed by atoms with Gasteiger partial charge < -0.3 is 4.42 Å². The molecule has 0 aliphatic rings. The first-order valence-corrected chi connectivity index (χ1v) is 5.15. The summed E-state index contributed by atoms with van der Waals surface area (Å²) < 4.78 is 44.6. The summed E-state index contributed by atoms with van der Waals surface area (Å²) in [6, 6.07) is 7.30. The van der Waals surface area contributed by atoms with E-state index < -0.39 is 17.5 Å². The van der Waals surface area contributed by atoms with Crippen molar-refractivity contribution in [1.82, 2.24) is 4.98 Å². The second-order valence-electron chi connectivity index (χ2n) is 3.77. The number of fused-ring (bicyclic) bond motifs is 1. The molecular formula is C13H6F3NO. The third kappa shape index (κ3) is 1.73. The zero-order valence-corrected chi connectivity index (χ0v) is 8.95. The molecule has 2 aromatic carbocycles. The molecule has 18 heavy (non-hydrogen) atoms. The molecule has 0 saturated carbocycles. The second kappa shape index (κ2) is 3.87. The molecular weight excluding hydrogens is 243 g/mol. The van der Waals surface area contributed by atoms with Crippen LogP contribution in [-0.4, -0.2) is 4.98 Å². The van der Waals surface area contributed by atoms with Crippen LogP contribution in [0.2, 0.25) is 0 Å². The van der Waals surface area contributed by atoms with E-state index in [4.69, 9.17) is 4.42 Å². The maximum Gasteiger partial charge on any atom is 0.227 e. The summed E-state index contributed by atoms with van der Waals surface area (Å²) in [5.41, 5.74) is 0.286. The largest absolute Gasteiger partial charge is 0.433 e. The molecule has 2 nitrogen and oxygen atoms in total. The predicted octanol–water partition coefficient (Wildman–Crippen LogP) is 3.91. The minimum atomic E-state index is -0.833. The molecule has 0 atom stereocenters. The van der Waals surface area contributed by atoms with Crippen LogP contribution < -0.4 is 0 Å². The van der Waals surface area contributed by atoms with Crippen molar-refractivity contribution in [3.63, 3.8) is 0 Å². The van der Waals surface area contributed by atoms with E-state index in [0.29, 0.717) is 11.6 Å². The lowest BCUT2D eigenvalue weighted by atomic mass is 10.2.